The first-order valence-corrected chi connectivity index (χ1v) is 7.54. The first-order valence-electron chi connectivity index (χ1n) is 5.89. The van der Waals surface area contributed by atoms with Crippen LogP contribution >= 0.6 is 0 Å². The van der Waals surface area contributed by atoms with Crippen LogP contribution in [-0.2, 0) is 9.84 Å². The molecule has 0 aliphatic carbocycles. The quantitative estimate of drug-likeness (QED) is 0.854. The molecule has 3 nitrogen and oxygen atoms in total. The van der Waals surface area contributed by atoms with Gasteiger partial charge in [0.15, 0.2) is 9.84 Å². The van der Waals surface area contributed by atoms with Crippen LogP contribution in [0.5, 0.6) is 0 Å². The SMILES string of the molecule is CCS(=O)(=O)c1cccc2c(N(C)C)cccc12. The maximum atomic E-state index is 12.1. The molecule has 0 aliphatic heterocycles. The molecule has 2 aromatic carbocycles. The largest absolute Gasteiger partial charge is 0.377 e. The lowest BCUT2D eigenvalue weighted by atomic mass is 10.1. The van der Waals surface area contributed by atoms with Crippen molar-refractivity contribution in [3.63, 3.8) is 0 Å². The van der Waals surface area contributed by atoms with Crippen LogP contribution in [0.2, 0.25) is 0 Å². The summed E-state index contributed by atoms with van der Waals surface area (Å²) >= 11 is 0. The molecule has 0 bridgehead atoms. The van der Waals surface area contributed by atoms with E-state index in [1.165, 1.54) is 0 Å². The Bertz CT molecular complexity index is 675. The van der Waals surface area contributed by atoms with Crippen LogP contribution in [0, 0.1) is 0 Å². The second-order valence-electron chi connectivity index (χ2n) is 4.43. The lowest BCUT2D eigenvalue weighted by Gasteiger charge is -2.16. The molecule has 96 valence electrons. The summed E-state index contributed by atoms with van der Waals surface area (Å²) in [6.07, 6.45) is 0. The van der Waals surface area contributed by atoms with Gasteiger partial charge >= 0.3 is 0 Å². The first-order chi connectivity index (χ1) is 8.47. The molecule has 18 heavy (non-hydrogen) atoms. The Hall–Kier alpha value is -1.55. The summed E-state index contributed by atoms with van der Waals surface area (Å²) in [4.78, 5) is 2.41. The third-order valence-electron chi connectivity index (χ3n) is 3.06. The van der Waals surface area contributed by atoms with Gasteiger partial charge < -0.3 is 4.90 Å². The lowest BCUT2D eigenvalue weighted by Crippen LogP contribution is -2.10. The Morgan fingerprint density at radius 1 is 1.00 bits per heavy atom. The third-order valence-corrected chi connectivity index (χ3v) is 4.84. The number of fused-ring (bicyclic) bond motifs is 1. The van der Waals surface area contributed by atoms with Crippen LogP contribution < -0.4 is 4.90 Å². The minimum Gasteiger partial charge on any atom is -0.377 e. The van der Waals surface area contributed by atoms with Gasteiger partial charge in [-0.2, -0.15) is 0 Å². The maximum absolute atomic E-state index is 12.1. The summed E-state index contributed by atoms with van der Waals surface area (Å²) < 4.78 is 24.2. The highest BCUT2D eigenvalue weighted by molar-refractivity contribution is 7.91. The van der Waals surface area contributed by atoms with Crippen molar-refractivity contribution in [3.05, 3.63) is 36.4 Å². The average Bonchev–Trinajstić information content (AvgIpc) is 2.37. The summed E-state index contributed by atoms with van der Waals surface area (Å²) in [5, 5.41) is 1.77. The van der Waals surface area contributed by atoms with Gasteiger partial charge in [-0.05, 0) is 12.1 Å². The van der Waals surface area contributed by atoms with Gasteiger partial charge in [0.25, 0.3) is 0 Å². The average molecular weight is 263 g/mol. The number of rotatable bonds is 3. The van der Waals surface area contributed by atoms with Crippen LogP contribution in [0.4, 0.5) is 5.69 Å². The van der Waals surface area contributed by atoms with Crippen molar-refractivity contribution in [1.29, 1.82) is 0 Å². The fourth-order valence-electron chi connectivity index (χ4n) is 2.08. The van der Waals surface area contributed by atoms with Crippen molar-refractivity contribution >= 4 is 26.3 Å². The number of anilines is 1. The van der Waals surface area contributed by atoms with E-state index in [1.54, 1.807) is 19.1 Å². The monoisotopic (exact) mass is 263 g/mol. The fraction of sp³-hybridized carbons (Fsp3) is 0.286. The van der Waals surface area contributed by atoms with Gasteiger partial charge in [0, 0.05) is 30.6 Å². The fourth-order valence-corrected chi connectivity index (χ4v) is 3.19. The van der Waals surface area contributed by atoms with Crippen molar-refractivity contribution in [2.75, 3.05) is 24.7 Å². The minimum atomic E-state index is -3.19. The number of hydrogen-bond donors (Lipinski definition) is 0. The molecule has 4 heteroatoms. The lowest BCUT2D eigenvalue weighted by molar-refractivity contribution is 0.598. The van der Waals surface area contributed by atoms with Gasteiger partial charge in [-0.1, -0.05) is 31.2 Å². The van der Waals surface area contributed by atoms with E-state index in [2.05, 4.69) is 0 Å². The molecule has 0 unspecified atom stereocenters. The van der Waals surface area contributed by atoms with Gasteiger partial charge in [0.1, 0.15) is 0 Å². The molecule has 0 aliphatic rings. The predicted molar refractivity (Wildman–Crippen MR) is 76.0 cm³/mol. The molecule has 2 rings (SSSR count). The zero-order chi connectivity index (χ0) is 13.3. The summed E-state index contributed by atoms with van der Waals surface area (Å²) in [5.74, 6) is 0.123. The van der Waals surface area contributed by atoms with Crippen LogP contribution in [0.15, 0.2) is 41.3 Å². The minimum absolute atomic E-state index is 0.123. The highest BCUT2D eigenvalue weighted by Crippen LogP contribution is 2.30. The molecule has 0 N–H and O–H groups in total. The highest BCUT2D eigenvalue weighted by atomic mass is 32.2. The number of hydrogen-bond acceptors (Lipinski definition) is 3. The van der Waals surface area contributed by atoms with E-state index in [4.69, 9.17) is 0 Å². The van der Waals surface area contributed by atoms with Gasteiger partial charge in [-0.25, -0.2) is 8.42 Å². The molecule has 0 saturated heterocycles. The van der Waals surface area contributed by atoms with E-state index in [0.717, 1.165) is 16.5 Å². The van der Waals surface area contributed by atoms with E-state index < -0.39 is 9.84 Å². The second kappa shape index (κ2) is 4.61. The maximum Gasteiger partial charge on any atom is 0.178 e. The van der Waals surface area contributed by atoms with Crippen molar-refractivity contribution in [2.24, 2.45) is 0 Å². The molecule has 0 atom stereocenters. The third kappa shape index (κ3) is 2.08. The molecular formula is C14H17NO2S. The zero-order valence-corrected chi connectivity index (χ0v) is 11.7. The van der Waals surface area contributed by atoms with Crippen molar-refractivity contribution in [3.8, 4) is 0 Å². The van der Waals surface area contributed by atoms with Crippen molar-refractivity contribution in [1.82, 2.24) is 0 Å². The smallest absolute Gasteiger partial charge is 0.178 e. The summed E-state index contributed by atoms with van der Waals surface area (Å²) in [7, 11) is 0.723. The molecule has 0 heterocycles. The number of nitrogens with zero attached hydrogens (tertiary/aromatic N) is 1. The number of benzene rings is 2. The van der Waals surface area contributed by atoms with Crippen LogP contribution in [0.25, 0.3) is 10.8 Å². The first kappa shape index (κ1) is 12.9. The Morgan fingerprint density at radius 2 is 1.61 bits per heavy atom. The van der Waals surface area contributed by atoms with E-state index in [9.17, 15) is 8.42 Å². The van der Waals surface area contributed by atoms with Gasteiger partial charge in [0.2, 0.25) is 0 Å². The molecule has 0 radical (unpaired) electrons. The second-order valence-corrected chi connectivity index (χ2v) is 6.67. The van der Waals surface area contributed by atoms with Crippen molar-refractivity contribution in [2.45, 2.75) is 11.8 Å². The topological polar surface area (TPSA) is 37.4 Å². The molecule has 0 saturated carbocycles. The molecule has 0 spiro atoms. The molecular weight excluding hydrogens is 246 g/mol. The Kier molecular flexibility index (Phi) is 3.30. The van der Waals surface area contributed by atoms with E-state index in [1.807, 2.05) is 43.3 Å². The van der Waals surface area contributed by atoms with E-state index in [0.29, 0.717) is 4.90 Å². The predicted octanol–water partition coefficient (Wildman–Crippen LogP) is 2.70. The zero-order valence-electron chi connectivity index (χ0n) is 10.8. The normalized spacial score (nSPS) is 11.7. The van der Waals surface area contributed by atoms with Crippen LogP contribution in [-0.4, -0.2) is 28.3 Å². The van der Waals surface area contributed by atoms with Gasteiger partial charge in [0.05, 0.1) is 10.6 Å². The molecule has 0 aromatic heterocycles. The summed E-state index contributed by atoms with van der Waals surface area (Å²) in [5.41, 5.74) is 1.03. The molecule has 0 amide bonds. The Labute approximate surface area is 108 Å². The standard InChI is InChI=1S/C14H17NO2S/c1-4-18(16,17)14-10-6-7-11-12(14)8-5-9-13(11)15(2)3/h5-10H,4H2,1-3H3. The Balaban J connectivity index is 2.84. The van der Waals surface area contributed by atoms with Gasteiger partial charge in [-0.3, -0.25) is 0 Å². The van der Waals surface area contributed by atoms with E-state index in [-0.39, 0.29) is 5.75 Å². The van der Waals surface area contributed by atoms with E-state index >= 15 is 0 Å². The summed E-state index contributed by atoms with van der Waals surface area (Å²) in [6, 6.07) is 11.2. The summed E-state index contributed by atoms with van der Waals surface area (Å²) in [6.45, 7) is 1.67. The highest BCUT2D eigenvalue weighted by Gasteiger charge is 2.16. The van der Waals surface area contributed by atoms with Gasteiger partial charge in [-0.15, -0.1) is 0 Å². The number of sulfone groups is 1. The van der Waals surface area contributed by atoms with Crippen LogP contribution in [0.3, 0.4) is 0 Å². The molecule has 0 fully saturated rings. The van der Waals surface area contributed by atoms with Crippen LogP contribution in [0.1, 0.15) is 6.92 Å². The van der Waals surface area contributed by atoms with Crippen molar-refractivity contribution < 1.29 is 8.42 Å². The molecule has 2 aromatic rings. The Morgan fingerprint density at radius 3 is 2.22 bits per heavy atom.